The fourth-order valence-electron chi connectivity index (χ4n) is 2.31. The van der Waals surface area contributed by atoms with E-state index in [2.05, 4.69) is 19.2 Å². The minimum Gasteiger partial charge on any atom is -0.465 e. The monoisotopic (exact) mass is 299 g/mol. The van der Waals surface area contributed by atoms with Gasteiger partial charge in [0.05, 0.1) is 6.61 Å². The highest BCUT2D eigenvalue weighted by Crippen LogP contribution is 2.26. The van der Waals surface area contributed by atoms with Gasteiger partial charge in [0.25, 0.3) is 0 Å². The molecule has 0 radical (unpaired) electrons. The molecule has 1 atom stereocenters. The molecule has 1 N–H and O–H groups in total. The van der Waals surface area contributed by atoms with Crippen LogP contribution in [0.15, 0.2) is 0 Å². The van der Waals surface area contributed by atoms with Gasteiger partial charge in [0.1, 0.15) is 5.54 Å². The van der Waals surface area contributed by atoms with E-state index in [1.807, 2.05) is 13.8 Å². The molecule has 4 heteroatoms. The number of carbonyl (C=O) groups is 1. The van der Waals surface area contributed by atoms with Crippen LogP contribution in [0.4, 0.5) is 0 Å². The number of hydrogen-bond acceptors (Lipinski definition) is 4. The van der Waals surface area contributed by atoms with E-state index in [9.17, 15) is 4.79 Å². The van der Waals surface area contributed by atoms with Gasteiger partial charge in [-0.1, -0.05) is 13.8 Å². The van der Waals surface area contributed by atoms with Gasteiger partial charge in [-0.2, -0.15) is 0 Å². The number of carbonyl (C=O) groups excluding carboxylic acids is 1. The summed E-state index contributed by atoms with van der Waals surface area (Å²) < 4.78 is 10.8. The largest absolute Gasteiger partial charge is 0.465 e. The predicted octanol–water partition coefficient (Wildman–Crippen LogP) is 3.29. The quantitative estimate of drug-likeness (QED) is 0.444. The second-order valence-corrected chi connectivity index (χ2v) is 6.72. The van der Waals surface area contributed by atoms with Gasteiger partial charge in [-0.15, -0.1) is 0 Å². The maximum Gasteiger partial charge on any atom is 0.326 e. The number of hydrogen-bond donors (Lipinski definition) is 1. The molecule has 0 aromatic heterocycles. The number of ether oxygens (including phenoxy) is 2. The standard InChI is InChI=1S/C17H33NO3/c1-5-21-16(19)17(4,18-15-8-9-15)11-6-7-12-20-13-10-14(2)3/h14-15,18H,5-13H2,1-4H3. The summed E-state index contributed by atoms with van der Waals surface area (Å²) in [4.78, 5) is 12.2. The van der Waals surface area contributed by atoms with Gasteiger partial charge in [0, 0.05) is 19.3 Å². The lowest BCUT2D eigenvalue weighted by molar-refractivity contribution is -0.151. The molecule has 1 unspecified atom stereocenters. The smallest absolute Gasteiger partial charge is 0.326 e. The predicted molar refractivity (Wildman–Crippen MR) is 85.3 cm³/mol. The zero-order valence-corrected chi connectivity index (χ0v) is 14.2. The second kappa shape index (κ2) is 9.42. The maximum atomic E-state index is 12.2. The average molecular weight is 299 g/mol. The second-order valence-electron chi connectivity index (χ2n) is 6.72. The van der Waals surface area contributed by atoms with Crippen molar-refractivity contribution in [2.45, 2.75) is 77.8 Å². The molecule has 1 aliphatic rings. The maximum absolute atomic E-state index is 12.2. The molecule has 1 saturated carbocycles. The van der Waals surface area contributed by atoms with Crippen molar-refractivity contribution in [1.82, 2.24) is 5.32 Å². The molecule has 0 saturated heterocycles. The molecule has 0 spiro atoms. The molecule has 0 aliphatic heterocycles. The molecule has 124 valence electrons. The Morgan fingerprint density at radius 1 is 1.29 bits per heavy atom. The van der Waals surface area contributed by atoms with Crippen molar-refractivity contribution in [3.8, 4) is 0 Å². The Kier molecular flexibility index (Phi) is 8.27. The third-order valence-corrected chi connectivity index (χ3v) is 3.88. The first kappa shape index (κ1) is 18.4. The SMILES string of the molecule is CCOC(=O)C(C)(CCCCOCCC(C)C)NC1CC1. The number of nitrogens with one attached hydrogen (secondary N) is 1. The van der Waals surface area contributed by atoms with Gasteiger partial charge in [0.2, 0.25) is 0 Å². The van der Waals surface area contributed by atoms with Gasteiger partial charge in [-0.05, 0) is 58.3 Å². The summed E-state index contributed by atoms with van der Waals surface area (Å²) in [6.45, 7) is 10.3. The van der Waals surface area contributed by atoms with E-state index in [4.69, 9.17) is 9.47 Å². The number of unbranched alkanes of at least 4 members (excludes halogenated alkanes) is 1. The van der Waals surface area contributed by atoms with Crippen molar-refractivity contribution < 1.29 is 14.3 Å². The van der Waals surface area contributed by atoms with Crippen LogP contribution in [0, 0.1) is 5.92 Å². The van der Waals surface area contributed by atoms with E-state index in [1.54, 1.807) is 0 Å². The summed E-state index contributed by atoms with van der Waals surface area (Å²) in [6.07, 6.45) is 6.26. The van der Waals surface area contributed by atoms with Crippen LogP contribution in [0.2, 0.25) is 0 Å². The Morgan fingerprint density at radius 2 is 2.00 bits per heavy atom. The Labute approximate surface area is 130 Å². The first-order chi connectivity index (χ1) is 9.98. The molecular formula is C17H33NO3. The highest BCUT2D eigenvalue weighted by molar-refractivity contribution is 5.80. The van der Waals surface area contributed by atoms with Crippen LogP contribution in [0.1, 0.15) is 66.2 Å². The van der Waals surface area contributed by atoms with Crippen molar-refractivity contribution in [2.24, 2.45) is 5.92 Å². The molecule has 0 amide bonds. The molecular weight excluding hydrogens is 266 g/mol. The lowest BCUT2D eigenvalue weighted by Crippen LogP contribution is -2.51. The Bertz CT molecular complexity index is 302. The molecule has 1 rings (SSSR count). The summed E-state index contributed by atoms with van der Waals surface area (Å²) >= 11 is 0. The summed E-state index contributed by atoms with van der Waals surface area (Å²) in [7, 11) is 0. The van der Waals surface area contributed by atoms with Crippen LogP contribution in [0.3, 0.4) is 0 Å². The van der Waals surface area contributed by atoms with Crippen molar-refractivity contribution in [2.75, 3.05) is 19.8 Å². The Morgan fingerprint density at radius 3 is 2.57 bits per heavy atom. The van der Waals surface area contributed by atoms with E-state index >= 15 is 0 Å². The first-order valence-corrected chi connectivity index (χ1v) is 8.50. The summed E-state index contributed by atoms with van der Waals surface area (Å²) in [5.41, 5.74) is -0.533. The molecule has 0 aromatic rings. The lowest BCUT2D eigenvalue weighted by atomic mass is 9.94. The molecule has 1 fully saturated rings. The fraction of sp³-hybridized carbons (Fsp3) is 0.941. The van der Waals surface area contributed by atoms with Crippen molar-refractivity contribution >= 4 is 5.97 Å². The summed E-state index contributed by atoms with van der Waals surface area (Å²) in [6, 6.07) is 0.502. The average Bonchev–Trinajstić information content (AvgIpc) is 3.21. The number of rotatable bonds is 12. The lowest BCUT2D eigenvalue weighted by Gasteiger charge is -2.28. The molecule has 0 heterocycles. The highest BCUT2D eigenvalue weighted by Gasteiger charge is 2.38. The van der Waals surface area contributed by atoms with E-state index in [-0.39, 0.29) is 5.97 Å². The van der Waals surface area contributed by atoms with Crippen LogP contribution in [-0.4, -0.2) is 37.4 Å². The van der Waals surface area contributed by atoms with Crippen LogP contribution in [0.5, 0.6) is 0 Å². The van der Waals surface area contributed by atoms with Crippen LogP contribution in [-0.2, 0) is 14.3 Å². The fourth-order valence-corrected chi connectivity index (χ4v) is 2.31. The Balaban J connectivity index is 2.21. The normalized spacial score (nSPS) is 17.8. The van der Waals surface area contributed by atoms with Crippen molar-refractivity contribution in [3.05, 3.63) is 0 Å². The van der Waals surface area contributed by atoms with Gasteiger partial charge in [-0.3, -0.25) is 10.1 Å². The van der Waals surface area contributed by atoms with E-state index in [0.717, 1.165) is 38.9 Å². The van der Waals surface area contributed by atoms with Crippen molar-refractivity contribution in [3.63, 3.8) is 0 Å². The first-order valence-electron chi connectivity index (χ1n) is 8.50. The third kappa shape index (κ3) is 7.82. The van der Waals surface area contributed by atoms with E-state index < -0.39 is 5.54 Å². The topological polar surface area (TPSA) is 47.6 Å². The minimum absolute atomic E-state index is 0.113. The summed E-state index contributed by atoms with van der Waals surface area (Å²) in [5, 5.41) is 3.45. The third-order valence-electron chi connectivity index (χ3n) is 3.88. The molecule has 21 heavy (non-hydrogen) atoms. The van der Waals surface area contributed by atoms with Gasteiger partial charge >= 0.3 is 5.97 Å². The van der Waals surface area contributed by atoms with Gasteiger partial charge < -0.3 is 9.47 Å². The van der Waals surface area contributed by atoms with Crippen LogP contribution < -0.4 is 5.32 Å². The highest BCUT2D eigenvalue weighted by atomic mass is 16.5. The molecule has 4 nitrogen and oxygen atoms in total. The van der Waals surface area contributed by atoms with E-state index in [0.29, 0.717) is 18.6 Å². The summed E-state index contributed by atoms with van der Waals surface area (Å²) in [5.74, 6) is 0.581. The number of esters is 1. The molecule has 1 aliphatic carbocycles. The van der Waals surface area contributed by atoms with Crippen LogP contribution >= 0.6 is 0 Å². The molecule has 0 aromatic carbocycles. The van der Waals surface area contributed by atoms with Gasteiger partial charge in [0.15, 0.2) is 0 Å². The van der Waals surface area contributed by atoms with Crippen LogP contribution in [0.25, 0.3) is 0 Å². The van der Waals surface area contributed by atoms with Gasteiger partial charge in [-0.25, -0.2) is 0 Å². The zero-order chi connectivity index (χ0) is 15.7. The zero-order valence-electron chi connectivity index (χ0n) is 14.2. The minimum atomic E-state index is -0.533. The molecule has 0 bridgehead atoms. The Hall–Kier alpha value is -0.610. The van der Waals surface area contributed by atoms with Crippen molar-refractivity contribution in [1.29, 1.82) is 0 Å². The van der Waals surface area contributed by atoms with E-state index in [1.165, 1.54) is 12.8 Å².